The molecule has 1 aromatic carbocycles. The Hall–Kier alpha value is -1.50. The molecule has 1 heterocycles. The van der Waals surface area contributed by atoms with Gasteiger partial charge in [-0.1, -0.05) is 18.2 Å². The van der Waals surface area contributed by atoms with Crippen LogP contribution in [0.25, 0.3) is 10.1 Å². The molecular formula is C12H7F5OS. The Morgan fingerprint density at radius 3 is 2.37 bits per heavy atom. The Labute approximate surface area is 108 Å². The molecule has 0 radical (unpaired) electrons. The summed E-state index contributed by atoms with van der Waals surface area (Å²) in [6.45, 7) is 0. The quantitative estimate of drug-likeness (QED) is 0.775. The van der Waals surface area contributed by atoms with E-state index < -0.39 is 24.3 Å². The van der Waals surface area contributed by atoms with Crippen molar-refractivity contribution in [2.75, 3.05) is 0 Å². The number of halogens is 5. The molecule has 0 N–H and O–H groups in total. The van der Waals surface area contributed by atoms with E-state index in [2.05, 4.69) is 0 Å². The molecule has 0 bridgehead atoms. The summed E-state index contributed by atoms with van der Waals surface area (Å²) in [4.78, 5) is 11.2. The summed E-state index contributed by atoms with van der Waals surface area (Å²) in [5.41, 5.74) is 0.189. The Bertz CT molecular complexity index is 614. The number of Topliss-reactive ketones (excluding diaryl/α,β-unsaturated/α-hetero) is 1. The number of alkyl halides is 5. The highest BCUT2D eigenvalue weighted by Crippen LogP contribution is 2.37. The zero-order chi connectivity index (χ0) is 14.3. The fourth-order valence-electron chi connectivity index (χ4n) is 1.61. The van der Waals surface area contributed by atoms with E-state index in [1.54, 1.807) is 24.3 Å². The molecule has 1 aromatic heterocycles. The molecule has 7 heteroatoms. The van der Waals surface area contributed by atoms with Crippen molar-refractivity contribution in [3.8, 4) is 0 Å². The van der Waals surface area contributed by atoms with E-state index in [1.807, 2.05) is 0 Å². The standard InChI is InChI=1S/C12H7F5OS/c13-11(14,12(15,16)17)10(18)5-7-6-19-9-4-2-1-3-8(7)9/h1-4,6H,5H2. The average Bonchev–Trinajstić information content (AvgIpc) is 2.71. The molecule has 102 valence electrons. The predicted octanol–water partition coefficient (Wildman–Crippen LogP) is 4.21. The van der Waals surface area contributed by atoms with Gasteiger partial charge in [-0.2, -0.15) is 22.0 Å². The first-order valence-corrected chi connectivity index (χ1v) is 6.04. The molecule has 0 amide bonds. The van der Waals surface area contributed by atoms with Crippen LogP contribution < -0.4 is 0 Å². The number of carbonyl (C=O) groups is 1. The lowest BCUT2D eigenvalue weighted by atomic mass is 10.0. The molecule has 19 heavy (non-hydrogen) atoms. The molecule has 0 saturated carbocycles. The van der Waals surface area contributed by atoms with Crippen LogP contribution in [-0.4, -0.2) is 17.9 Å². The van der Waals surface area contributed by atoms with Crippen molar-refractivity contribution in [2.45, 2.75) is 18.5 Å². The number of thiophene rings is 1. The maximum absolute atomic E-state index is 12.8. The number of fused-ring (bicyclic) bond motifs is 1. The SMILES string of the molecule is O=C(Cc1csc2ccccc12)C(F)(F)C(F)(F)F. The minimum atomic E-state index is -5.85. The minimum absolute atomic E-state index is 0.189. The second-order valence-electron chi connectivity index (χ2n) is 3.93. The maximum atomic E-state index is 12.8. The van der Waals surface area contributed by atoms with Gasteiger partial charge in [0.15, 0.2) is 0 Å². The molecule has 0 fully saturated rings. The lowest BCUT2D eigenvalue weighted by Crippen LogP contribution is -2.44. The molecule has 2 rings (SSSR count). The number of hydrogen-bond acceptors (Lipinski definition) is 2. The van der Waals surface area contributed by atoms with Crippen LogP contribution in [0.3, 0.4) is 0 Å². The fraction of sp³-hybridized carbons (Fsp3) is 0.250. The third kappa shape index (κ3) is 2.47. The molecule has 0 aliphatic rings. The van der Waals surface area contributed by atoms with Crippen molar-refractivity contribution in [1.82, 2.24) is 0 Å². The summed E-state index contributed by atoms with van der Waals surface area (Å²) in [7, 11) is 0. The predicted molar refractivity (Wildman–Crippen MR) is 61.5 cm³/mol. The first-order chi connectivity index (χ1) is 8.73. The fourth-order valence-corrected chi connectivity index (χ4v) is 2.57. The summed E-state index contributed by atoms with van der Waals surface area (Å²) in [5.74, 6) is -7.45. The number of carbonyl (C=O) groups excluding carboxylic acids is 1. The number of benzene rings is 1. The largest absolute Gasteiger partial charge is 0.461 e. The number of hydrogen-bond donors (Lipinski definition) is 0. The summed E-state index contributed by atoms with van der Waals surface area (Å²) < 4.78 is 62.6. The molecular weight excluding hydrogens is 287 g/mol. The zero-order valence-corrected chi connectivity index (χ0v) is 10.1. The van der Waals surface area contributed by atoms with Gasteiger partial charge in [-0.05, 0) is 22.4 Å². The van der Waals surface area contributed by atoms with Gasteiger partial charge < -0.3 is 0 Å². The van der Waals surface area contributed by atoms with E-state index in [-0.39, 0.29) is 5.56 Å². The monoisotopic (exact) mass is 294 g/mol. The molecule has 1 nitrogen and oxygen atoms in total. The topological polar surface area (TPSA) is 17.1 Å². The van der Waals surface area contributed by atoms with Gasteiger partial charge in [-0.15, -0.1) is 11.3 Å². The lowest BCUT2D eigenvalue weighted by Gasteiger charge is -2.17. The van der Waals surface area contributed by atoms with Crippen LogP contribution in [0.2, 0.25) is 0 Å². The van der Waals surface area contributed by atoms with Crippen molar-refractivity contribution in [1.29, 1.82) is 0 Å². The summed E-state index contributed by atoms with van der Waals surface area (Å²) in [6, 6.07) is 6.63. The summed E-state index contributed by atoms with van der Waals surface area (Å²) in [5, 5.41) is 1.95. The van der Waals surface area contributed by atoms with Crippen LogP contribution in [0.1, 0.15) is 5.56 Å². The highest BCUT2D eigenvalue weighted by atomic mass is 32.1. The Morgan fingerprint density at radius 1 is 1.11 bits per heavy atom. The third-order valence-corrected chi connectivity index (χ3v) is 3.63. The van der Waals surface area contributed by atoms with Crippen molar-refractivity contribution < 1.29 is 26.7 Å². The third-order valence-electron chi connectivity index (χ3n) is 2.62. The normalized spacial score (nSPS) is 12.9. The highest BCUT2D eigenvalue weighted by molar-refractivity contribution is 7.17. The van der Waals surface area contributed by atoms with E-state index >= 15 is 0 Å². The smallest absolute Gasteiger partial charge is 0.292 e. The van der Waals surface area contributed by atoms with Gasteiger partial charge in [0.25, 0.3) is 0 Å². The molecule has 0 saturated heterocycles. The maximum Gasteiger partial charge on any atom is 0.461 e. The number of ketones is 1. The summed E-state index contributed by atoms with van der Waals surface area (Å²) in [6.07, 6.45) is -6.79. The van der Waals surface area contributed by atoms with Crippen LogP contribution in [0.15, 0.2) is 29.6 Å². The van der Waals surface area contributed by atoms with Gasteiger partial charge >= 0.3 is 12.1 Å². The molecule has 0 aliphatic carbocycles. The molecule has 0 aliphatic heterocycles. The van der Waals surface area contributed by atoms with E-state index in [0.29, 0.717) is 5.39 Å². The van der Waals surface area contributed by atoms with E-state index in [9.17, 15) is 26.7 Å². The van der Waals surface area contributed by atoms with E-state index in [4.69, 9.17) is 0 Å². The Kier molecular flexibility index (Phi) is 3.34. The van der Waals surface area contributed by atoms with E-state index in [1.165, 1.54) is 16.7 Å². The molecule has 0 unspecified atom stereocenters. The van der Waals surface area contributed by atoms with Crippen LogP contribution in [0.5, 0.6) is 0 Å². The van der Waals surface area contributed by atoms with Gasteiger partial charge in [0.2, 0.25) is 5.78 Å². The van der Waals surface area contributed by atoms with Gasteiger partial charge in [0.1, 0.15) is 0 Å². The van der Waals surface area contributed by atoms with Crippen molar-refractivity contribution >= 4 is 27.2 Å². The molecule has 2 aromatic rings. The van der Waals surface area contributed by atoms with Crippen molar-refractivity contribution in [3.05, 3.63) is 35.2 Å². The van der Waals surface area contributed by atoms with E-state index in [0.717, 1.165) is 4.70 Å². The van der Waals surface area contributed by atoms with Crippen molar-refractivity contribution in [2.24, 2.45) is 0 Å². The first kappa shape index (κ1) is 13.9. The molecule has 0 spiro atoms. The second-order valence-corrected chi connectivity index (χ2v) is 4.84. The van der Waals surface area contributed by atoms with Crippen molar-refractivity contribution in [3.63, 3.8) is 0 Å². The highest BCUT2D eigenvalue weighted by Gasteiger charge is 2.62. The van der Waals surface area contributed by atoms with Crippen LogP contribution >= 0.6 is 11.3 Å². The first-order valence-electron chi connectivity index (χ1n) is 5.16. The van der Waals surface area contributed by atoms with Crippen LogP contribution in [0, 0.1) is 0 Å². The van der Waals surface area contributed by atoms with Crippen LogP contribution in [0.4, 0.5) is 22.0 Å². The molecule has 0 atom stereocenters. The summed E-state index contributed by atoms with van der Waals surface area (Å²) >= 11 is 1.20. The van der Waals surface area contributed by atoms with Gasteiger partial charge in [0.05, 0.1) is 0 Å². The Balaban J connectivity index is 2.29. The zero-order valence-electron chi connectivity index (χ0n) is 9.30. The van der Waals surface area contributed by atoms with Gasteiger partial charge in [-0.25, -0.2) is 0 Å². The average molecular weight is 294 g/mol. The van der Waals surface area contributed by atoms with Crippen LogP contribution in [-0.2, 0) is 11.2 Å². The van der Waals surface area contributed by atoms with Gasteiger partial charge in [-0.3, -0.25) is 4.79 Å². The Morgan fingerprint density at radius 2 is 1.74 bits per heavy atom. The lowest BCUT2D eigenvalue weighted by molar-refractivity contribution is -0.268. The number of rotatable bonds is 3. The second kappa shape index (κ2) is 4.56. The minimum Gasteiger partial charge on any atom is -0.292 e. The van der Waals surface area contributed by atoms with Gasteiger partial charge in [0, 0.05) is 11.1 Å².